The van der Waals surface area contributed by atoms with Crippen molar-refractivity contribution in [2.24, 2.45) is 0 Å². The molecule has 0 atom stereocenters. The maximum Gasteiger partial charge on any atom is 0.341 e. The van der Waals surface area contributed by atoms with Gasteiger partial charge in [0.1, 0.15) is 11.3 Å². The van der Waals surface area contributed by atoms with Gasteiger partial charge in [-0.3, -0.25) is 0 Å². The van der Waals surface area contributed by atoms with Crippen molar-refractivity contribution in [3.63, 3.8) is 0 Å². The molecular formula is C16H15NO3S. The summed E-state index contributed by atoms with van der Waals surface area (Å²) in [6.07, 6.45) is 4.75. The first-order valence-corrected chi connectivity index (χ1v) is 7.98. The molecule has 0 unspecified atom stereocenters. The summed E-state index contributed by atoms with van der Waals surface area (Å²) in [5.41, 5.74) is 2.11. The monoisotopic (exact) mass is 301 g/mol. The Morgan fingerprint density at radius 3 is 2.90 bits per heavy atom. The highest BCUT2D eigenvalue weighted by molar-refractivity contribution is 7.98. The lowest BCUT2D eigenvalue weighted by Crippen LogP contribution is -2.05. The van der Waals surface area contributed by atoms with Crippen molar-refractivity contribution in [1.29, 1.82) is 0 Å². The van der Waals surface area contributed by atoms with E-state index in [0.29, 0.717) is 5.75 Å². The number of pyridine rings is 1. The fourth-order valence-electron chi connectivity index (χ4n) is 2.49. The number of hydrogen-bond acceptors (Lipinski definition) is 4. The van der Waals surface area contributed by atoms with Gasteiger partial charge in [0, 0.05) is 10.6 Å². The zero-order chi connectivity index (χ0) is 14.8. The van der Waals surface area contributed by atoms with Crippen LogP contribution in [0.5, 0.6) is 11.6 Å². The van der Waals surface area contributed by atoms with E-state index in [4.69, 9.17) is 4.74 Å². The molecule has 3 rings (SSSR count). The molecule has 1 aliphatic carbocycles. The minimum atomic E-state index is -1.01. The minimum absolute atomic E-state index is 0.131. The van der Waals surface area contributed by atoms with Crippen LogP contribution in [0.2, 0.25) is 0 Å². The average Bonchev–Trinajstić information content (AvgIpc) is 2.94. The topological polar surface area (TPSA) is 59.4 Å². The number of carbonyl (C=O) groups is 1. The first-order valence-electron chi connectivity index (χ1n) is 6.76. The molecule has 0 saturated heterocycles. The second-order valence-electron chi connectivity index (χ2n) is 4.86. The van der Waals surface area contributed by atoms with Crippen LogP contribution in [0.1, 0.15) is 28.0 Å². The fourth-order valence-corrected chi connectivity index (χ4v) is 3.02. The Balaban J connectivity index is 2.03. The standard InChI is InChI=1S/C16H15NO3S/c1-21-14-8-3-2-7-13(14)20-15-11(16(18)19)9-10-5-4-6-12(10)17-15/h2-3,7-9H,4-6H2,1H3,(H,18,19). The van der Waals surface area contributed by atoms with Crippen LogP contribution in [0.4, 0.5) is 0 Å². The molecule has 0 radical (unpaired) electrons. The molecule has 5 heteroatoms. The Morgan fingerprint density at radius 1 is 1.33 bits per heavy atom. The number of fused-ring (bicyclic) bond motifs is 1. The van der Waals surface area contributed by atoms with Crippen molar-refractivity contribution < 1.29 is 14.6 Å². The van der Waals surface area contributed by atoms with Gasteiger partial charge in [-0.15, -0.1) is 11.8 Å². The molecule has 0 bridgehead atoms. The molecular weight excluding hydrogens is 286 g/mol. The molecule has 1 aliphatic rings. The zero-order valence-electron chi connectivity index (χ0n) is 11.6. The van der Waals surface area contributed by atoms with Crippen molar-refractivity contribution in [1.82, 2.24) is 4.98 Å². The van der Waals surface area contributed by atoms with E-state index in [1.807, 2.05) is 30.5 Å². The summed E-state index contributed by atoms with van der Waals surface area (Å²) in [5, 5.41) is 9.38. The molecule has 0 fully saturated rings. The number of carboxylic acids is 1. The summed E-state index contributed by atoms with van der Waals surface area (Å²) in [4.78, 5) is 16.8. The van der Waals surface area contributed by atoms with E-state index in [2.05, 4.69) is 4.98 Å². The first kappa shape index (κ1) is 13.9. The SMILES string of the molecule is CSc1ccccc1Oc1nc2c(cc1C(=O)O)CCC2. The number of aromatic nitrogens is 1. The number of benzene rings is 1. The number of ether oxygens (including phenoxy) is 1. The summed E-state index contributed by atoms with van der Waals surface area (Å²) < 4.78 is 5.81. The Kier molecular flexibility index (Phi) is 3.84. The van der Waals surface area contributed by atoms with Gasteiger partial charge in [0.2, 0.25) is 5.88 Å². The van der Waals surface area contributed by atoms with Crippen LogP contribution in [0, 0.1) is 0 Å². The number of rotatable bonds is 4. The van der Waals surface area contributed by atoms with E-state index in [1.54, 1.807) is 17.8 Å². The largest absolute Gasteiger partial charge is 0.477 e. The number of para-hydroxylation sites is 1. The average molecular weight is 301 g/mol. The first-order chi connectivity index (χ1) is 10.2. The van der Waals surface area contributed by atoms with Crippen LogP contribution in [0.3, 0.4) is 0 Å². The lowest BCUT2D eigenvalue weighted by Gasteiger charge is -2.12. The predicted molar refractivity (Wildman–Crippen MR) is 81.5 cm³/mol. The van der Waals surface area contributed by atoms with Crippen LogP contribution in [0.25, 0.3) is 0 Å². The summed E-state index contributed by atoms with van der Waals surface area (Å²) in [6, 6.07) is 9.25. The Morgan fingerprint density at radius 2 is 2.14 bits per heavy atom. The highest BCUT2D eigenvalue weighted by Gasteiger charge is 2.21. The predicted octanol–water partition coefficient (Wildman–Crippen LogP) is 3.78. The van der Waals surface area contributed by atoms with Crippen molar-refractivity contribution in [2.45, 2.75) is 24.2 Å². The van der Waals surface area contributed by atoms with E-state index < -0.39 is 5.97 Å². The highest BCUT2D eigenvalue weighted by Crippen LogP contribution is 2.34. The van der Waals surface area contributed by atoms with Gasteiger partial charge in [-0.2, -0.15) is 0 Å². The molecule has 1 aromatic carbocycles. The molecule has 1 N–H and O–H groups in total. The minimum Gasteiger partial charge on any atom is -0.477 e. The third-order valence-corrected chi connectivity index (χ3v) is 4.30. The summed E-state index contributed by atoms with van der Waals surface area (Å²) >= 11 is 1.55. The number of nitrogens with zero attached hydrogens (tertiary/aromatic N) is 1. The van der Waals surface area contributed by atoms with Crippen molar-refractivity contribution >= 4 is 17.7 Å². The molecule has 2 aromatic rings. The number of aryl methyl sites for hydroxylation is 2. The molecule has 1 aromatic heterocycles. The zero-order valence-corrected chi connectivity index (χ0v) is 12.4. The van der Waals surface area contributed by atoms with Gasteiger partial charge in [0.25, 0.3) is 0 Å². The second-order valence-corrected chi connectivity index (χ2v) is 5.71. The van der Waals surface area contributed by atoms with Crippen LogP contribution in [-0.2, 0) is 12.8 Å². The Hall–Kier alpha value is -2.01. The van der Waals surface area contributed by atoms with Crippen LogP contribution >= 0.6 is 11.8 Å². The number of hydrogen-bond donors (Lipinski definition) is 1. The van der Waals surface area contributed by atoms with E-state index in [-0.39, 0.29) is 11.4 Å². The van der Waals surface area contributed by atoms with Gasteiger partial charge in [0.05, 0.1) is 0 Å². The normalized spacial score (nSPS) is 13.0. The van der Waals surface area contributed by atoms with Crippen molar-refractivity contribution in [3.05, 3.63) is 47.2 Å². The lowest BCUT2D eigenvalue weighted by molar-refractivity contribution is 0.0693. The van der Waals surface area contributed by atoms with Crippen LogP contribution < -0.4 is 4.74 Å². The lowest BCUT2D eigenvalue weighted by atomic mass is 10.1. The van der Waals surface area contributed by atoms with Gasteiger partial charge in [0.15, 0.2) is 0 Å². The highest BCUT2D eigenvalue weighted by atomic mass is 32.2. The molecule has 4 nitrogen and oxygen atoms in total. The van der Waals surface area contributed by atoms with Gasteiger partial charge >= 0.3 is 5.97 Å². The van der Waals surface area contributed by atoms with E-state index in [9.17, 15) is 9.90 Å². The quantitative estimate of drug-likeness (QED) is 0.871. The molecule has 1 heterocycles. The number of thioether (sulfide) groups is 1. The van der Waals surface area contributed by atoms with Crippen LogP contribution in [0.15, 0.2) is 35.2 Å². The number of carboxylic acid groups (broad SMARTS) is 1. The Labute approximate surface area is 127 Å². The number of aromatic carboxylic acids is 1. The molecule has 108 valence electrons. The Bertz CT molecular complexity index is 700. The van der Waals surface area contributed by atoms with E-state index >= 15 is 0 Å². The second kappa shape index (κ2) is 5.77. The molecule has 21 heavy (non-hydrogen) atoms. The van der Waals surface area contributed by atoms with Crippen molar-refractivity contribution in [2.75, 3.05) is 6.26 Å². The van der Waals surface area contributed by atoms with Gasteiger partial charge in [-0.25, -0.2) is 9.78 Å². The van der Waals surface area contributed by atoms with E-state index in [1.165, 1.54) is 0 Å². The van der Waals surface area contributed by atoms with Crippen LogP contribution in [-0.4, -0.2) is 22.3 Å². The maximum atomic E-state index is 11.4. The van der Waals surface area contributed by atoms with Crippen molar-refractivity contribution in [3.8, 4) is 11.6 Å². The molecule has 0 saturated carbocycles. The van der Waals surface area contributed by atoms with Gasteiger partial charge in [-0.05, 0) is 49.3 Å². The summed E-state index contributed by atoms with van der Waals surface area (Å²) in [7, 11) is 0. The molecule has 0 amide bonds. The smallest absolute Gasteiger partial charge is 0.341 e. The maximum absolute atomic E-state index is 11.4. The third-order valence-electron chi connectivity index (χ3n) is 3.52. The van der Waals surface area contributed by atoms with E-state index in [0.717, 1.165) is 35.4 Å². The molecule has 0 aliphatic heterocycles. The molecule has 0 spiro atoms. The summed E-state index contributed by atoms with van der Waals surface area (Å²) in [5.74, 6) is -0.184. The fraction of sp³-hybridized carbons (Fsp3) is 0.250. The third kappa shape index (κ3) is 2.74. The summed E-state index contributed by atoms with van der Waals surface area (Å²) in [6.45, 7) is 0. The van der Waals surface area contributed by atoms with Gasteiger partial charge < -0.3 is 9.84 Å². The van der Waals surface area contributed by atoms with Gasteiger partial charge in [-0.1, -0.05) is 12.1 Å².